The fourth-order valence-corrected chi connectivity index (χ4v) is 11.6. The molecular formula is C62H39N. The number of fused-ring (bicyclic) bond motifs is 16. The fraction of sp³-hybridized carbons (Fsp3) is 0.0323. The molecular weight excluding hydrogens is 759 g/mol. The highest BCUT2D eigenvalue weighted by molar-refractivity contribution is 5.96. The van der Waals surface area contributed by atoms with Gasteiger partial charge in [-0.1, -0.05) is 200 Å². The zero-order valence-corrected chi connectivity index (χ0v) is 34.5. The lowest BCUT2D eigenvalue weighted by atomic mass is 9.51. The molecule has 3 aliphatic rings. The predicted molar refractivity (Wildman–Crippen MR) is 258 cm³/mol. The van der Waals surface area contributed by atoms with E-state index in [2.05, 4.69) is 254 Å². The minimum absolute atomic E-state index is 0.563. The Balaban J connectivity index is 1.03. The van der Waals surface area contributed by atoms with Crippen LogP contribution in [0.15, 0.2) is 237 Å². The summed E-state index contributed by atoms with van der Waals surface area (Å²) in [5.74, 6) is 0. The van der Waals surface area contributed by atoms with Gasteiger partial charge in [0.2, 0.25) is 0 Å². The largest absolute Gasteiger partial charge is 0.311 e. The van der Waals surface area contributed by atoms with Crippen LogP contribution in [0.2, 0.25) is 0 Å². The van der Waals surface area contributed by atoms with E-state index < -0.39 is 10.8 Å². The number of benzene rings is 9. The molecule has 1 unspecified atom stereocenters. The quantitative estimate of drug-likeness (QED) is 0.168. The van der Waals surface area contributed by atoms with Crippen LogP contribution < -0.4 is 4.90 Å². The van der Waals surface area contributed by atoms with Crippen molar-refractivity contribution in [1.29, 1.82) is 0 Å². The van der Waals surface area contributed by atoms with Gasteiger partial charge in [0.05, 0.1) is 10.8 Å². The highest BCUT2D eigenvalue weighted by atomic mass is 15.1. The van der Waals surface area contributed by atoms with Crippen molar-refractivity contribution in [1.82, 2.24) is 0 Å². The van der Waals surface area contributed by atoms with E-state index in [1.54, 1.807) is 0 Å². The van der Waals surface area contributed by atoms with Crippen molar-refractivity contribution in [3.8, 4) is 44.5 Å². The molecule has 1 heteroatoms. The summed E-state index contributed by atoms with van der Waals surface area (Å²) in [5, 5.41) is 0. The molecule has 0 radical (unpaired) electrons. The highest BCUT2D eigenvalue weighted by Crippen LogP contribution is 2.68. The maximum Gasteiger partial charge on any atom is 0.0726 e. The van der Waals surface area contributed by atoms with Crippen molar-refractivity contribution in [2.45, 2.75) is 10.8 Å². The van der Waals surface area contributed by atoms with Gasteiger partial charge in [-0.3, -0.25) is 0 Å². The second-order valence-electron chi connectivity index (χ2n) is 16.9. The van der Waals surface area contributed by atoms with Gasteiger partial charge in [-0.25, -0.2) is 0 Å². The zero-order chi connectivity index (χ0) is 41.5. The third kappa shape index (κ3) is 4.84. The van der Waals surface area contributed by atoms with Crippen LogP contribution in [0.1, 0.15) is 44.5 Å². The van der Waals surface area contributed by atoms with Gasteiger partial charge in [0.25, 0.3) is 0 Å². The van der Waals surface area contributed by atoms with E-state index in [1.807, 2.05) is 0 Å². The minimum Gasteiger partial charge on any atom is -0.311 e. The smallest absolute Gasteiger partial charge is 0.0726 e. The molecule has 0 N–H and O–H groups in total. The molecule has 1 atom stereocenters. The van der Waals surface area contributed by atoms with Gasteiger partial charge >= 0.3 is 0 Å². The van der Waals surface area contributed by atoms with Gasteiger partial charge in [0, 0.05) is 22.6 Å². The second-order valence-corrected chi connectivity index (χ2v) is 16.9. The third-order valence-corrected chi connectivity index (χ3v) is 14.0. The van der Waals surface area contributed by atoms with E-state index in [0.29, 0.717) is 0 Å². The monoisotopic (exact) mass is 797 g/mol. The van der Waals surface area contributed by atoms with Crippen molar-refractivity contribution < 1.29 is 0 Å². The SMILES string of the molecule is c1ccc2c(c#1)-c1ccccc1C21c2ccccc2C2(c3ccccc3-c3ccccc32)c2c(-c3ccc(-c4ccc(N(c5ccccc5)c5ccccc5)cc4)cc3)cccc21. The zero-order valence-electron chi connectivity index (χ0n) is 34.5. The first-order chi connectivity index (χ1) is 31.3. The van der Waals surface area contributed by atoms with Crippen LogP contribution in [0.4, 0.5) is 17.1 Å². The molecule has 3 aliphatic carbocycles. The number of anilines is 3. The van der Waals surface area contributed by atoms with Crippen LogP contribution >= 0.6 is 0 Å². The molecule has 0 heterocycles. The second kappa shape index (κ2) is 13.7. The molecule has 13 rings (SSSR count). The van der Waals surface area contributed by atoms with Gasteiger partial charge < -0.3 is 4.90 Å². The van der Waals surface area contributed by atoms with Gasteiger partial charge in [-0.2, -0.15) is 0 Å². The topological polar surface area (TPSA) is 3.24 Å². The maximum atomic E-state index is 3.60. The summed E-state index contributed by atoms with van der Waals surface area (Å²) < 4.78 is 0. The Bertz CT molecular complexity index is 3250. The summed E-state index contributed by atoms with van der Waals surface area (Å²) in [4.78, 5) is 2.31. The number of para-hydroxylation sites is 2. The van der Waals surface area contributed by atoms with E-state index in [-0.39, 0.29) is 0 Å². The van der Waals surface area contributed by atoms with Crippen molar-refractivity contribution >= 4 is 17.1 Å². The lowest BCUT2D eigenvalue weighted by molar-refractivity contribution is 0.634. The maximum absolute atomic E-state index is 3.60. The number of nitrogens with zero attached hydrogens (tertiary/aromatic N) is 1. The van der Waals surface area contributed by atoms with Gasteiger partial charge in [-0.05, 0) is 132 Å². The molecule has 10 aromatic carbocycles. The minimum atomic E-state index is -0.568. The van der Waals surface area contributed by atoms with Crippen LogP contribution in [0.5, 0.6) is 0 Å². The molecule has 0 saturated heterocycles. The summed E-state index contributed by atoms with van der Waals surface area (Å²) in [6.07, 6.45) is 0. The van der Waals surface area contributed by atoms with Gasteiger partial charge in [-0.15, -0.1) is 0 Å². The highest BCUT2D eigenvalue weighted by Gasteiger charge is 2.59. The summed E-state index contributed by atoms with van der Waals surface area (Å²) in [5.41, 5.74) is 22.5. The number of hydrogen-bond donors (Lipinski definition) is 0. The normalized spacial score (nSPS) is 13.8. The Morgan fingerprint density at radius 3 is 1.32 bits per heavy atom. The molecule has 2 spiro atoms. The molecule has 0 amide bonds. The predicted octanol–water partition coefficient (Wildman–Crippen LogP) is 15.1. The fourth-order valence-electron chi connectivity index (χ4n) is 11.6. The molecule has 292 valence electrons. The Morgan fingerprint density at radius 1 is 0.286 bits per heavy atom. The van der Waals surface area contributed by atoms with Crippen molar-refractivity contribution in [3.05, 3.63) is 293 Å². The third-order valence-electron chi connectivity index (χ3n) is 14.0. The average molecular weight is 798 g/mol. The van der Waals surface area contributed by atoms with Crippen molar-refractivity contribution in [2.24, 2.45) is 0 Å². The Hall–Kier alpha value is -8.18. The van der Waals surface area contributed by atoms with Crippen LogP contribution in [0.3, 0.4) is 0 Å². The Labute approximate surface area is 368 Å². The molecule has 0 saturated carbocycles. The first-order valence-corrected chi connectivity index (χ1v) is 21.8. The van der Waals surface area contributed by atoms with Crippen molar-refractivity contribution in [2.75, 3.05) is 4.90 Å². The average Bonchev–Trinajstić information content (AvgIpc) is 3.83. The van der Waals surface area contributed by atoms with Gasteiger partial charge in [0.15, 0.2) is 0 Å². The lowest BCUT2D eigenvalue weighted by Gasteiger charge is -2.49. The molecule has 10 aromatic rings. The Morgan fingerprint density at radius 2 is 0.714 bits per heavy atom. The molecule has 0 fully saturated rings. The van der Waals surface area contributed by atoms with E-state index >= 15 is 0 Å². The number of rotatable bonds is 5. The summed E-state index contributed by atoms with van der Waals surface area (Å²) in [7, 11) is 0. The summed E-state index contributed by atoms with van der Waals surface area (Å²) >= 11 is 0. The number of hydrogen-bond acceptors (Lipinski definition) is 1. The molecule has 0 bridgehead atoms. The summed E-state index contributed by atoms with van der Waals surface area (Å²) in [6, 6.07) is 94.3. The van der Waals surface area contributed by atoms with Crippen molar-refractivity contribution in [3.63, 3.8) is 0 Å². The molecule has 0 aromatic heterocycles. The van der Waals surface area contributed by atoms with Crippen LogP contribution in [0.25, 0.3) is 44.5 Å². The first kappa shape index (κ1) is 35.6. The van der Waals surface area contributed by atoms with E-state index in [4.69, 9.17) is 0 Å². The van der Waals surface area contributed by atoms with E-state index in [1.165, 1.54) is 83.5 Å². The first-order valence-electron chi connectivity index (χ1n) is 21.8. The molecule has 63 heavy (non-hydrogen) atoms. The van der Waals surface area contributed by atoms with Crippen LogP contribution in [-0.2, 0) is 10.8 Å². The lowest BCUT2D eigenvalue weighted by Crippen LogP contribution is -2.44. The van der Waals surface area contributed by atoms with Crippen LogP contribution in [-0.4, -0.2) is 0 Å². The Kier molecular flexibility index (Phi) is 7.71. The van der Waals surface area contributed by atoms with E-state index in [9.17, 15) is 0 Å². The van der Waals surface area contributed by atoms with E-state index in [0.717, 1.165) is 22.6 Å². The molecule has 0 aliphatic heterocycles. The molecule has 1 nitrogen and oxygen atoms in total. The summed E-state index contributed by atoms with van der Waals surface area (Å²) in [6.45, 7) is 0. The standard InChI is InChI=1S/C62H39N/c1-3-18-45(19-4-1)63(46-20-5-2-6-21-46)47-40-38-43(39-41-47)42-34-36-44(37-35-42)48-26-17-33-59-60(48)62(55-29-13-9-24-51(55)52-25-10-14-30-56(52)62)58-32-16-15-31-57(58)61(59)53-27-11-7-22-49(53)50-23-8-12-28-54(50)61/h1-7,9-22,24-41H. The van der Waals surface area contributed by atoms with Crippen LogP contribution in [0, 0.1) is 12.1 Å². The van der Waals surface area contributed by atoms with Gasteiger partial charge in [0.1, 0.15) is 0 Å².